The zero-order valence-corrected chi connectivity index (χ0v) is 9.11. The third-order valence-corrected chi connectivity index (χ3v) is 3.58. The van der Waals surface area contributed by atoms with Gasteiger partial charge in [0.2, 0.25) is 0 Å². The summed E-state index contributed by atoms with van der Waals surface area (Å²) < 4.78 is 0. The van der Waals surface area contributed by atoms with Gasteiger partial charge in [0.25, 0.3) is 0 Å². The lowest BCUT2D eigenvalue weighted by atomic mass is 9.99. The third-order valence-electron chi connectivity index (χ3n) is 3.05. The van der Waals surface area contributed by atoms with Crippen LogP contribution in [0.1, 0.15) is 18.1 Å². The van der Waals surface area contributed by atoms with Crippen LogP contribution in [0.25, 0.3) is 0 Å². The Bertz CT molecular complexity index is 273. The molecule has 0 heterocycles. The molecule has 0 aromatic heterocycles. The second-order valence-electron chi connectivity index (χ2n) is 3.89. The first-order valence-corrected chi connectivity index (χ1v) is 5.42. The number of hydrogen-bond donors (Lipinski definition) is 1. The Hall–Kier alpha value is -0.390. The van der Waals surface area contributed by atoms with E-state index in [9.17, 15) is 0 Å². The summed E-state index contributed by atoms with van der Waals surface area (Å²) in [4.78, 5) is 0. The van der Waals surface area contributed by atoms with Gasteiger partial charge in [-0.05, 0) is 36.8 Å². The van der Waals surface area contributed by atoms with Crippen molar-refractivity contribution in [2.45, 2.75) is 25.8 Å². The van der Waals surface area contributed by atoms with Crippen molar-refractivity contribution < 1.29 is 0 Å². The maximum atomic E-state index is 3.26. The van der Waals surface area contributed by atoms with Crippen LogP contribution in [0.5, 0.6) is 0 Å². The van der Waals surface area contributed by atoms with Gasteiger partial charge in [0.1, 0.15) is 0 Å². The van der Waals surface area contributed by atoms with Crippen LogP contribution >= 0.6 is 9.39 Å². The molecule has 0 saturated carbocycles. The van der Waals surface area contributed by atoms with Crippen molar-refractivity contribution in [3.05, 3.63) is 35.4 Å². The summed E-state index contributed by atoms with van der Waals surface area (Å²) in [6.45, 7) is 2.25. The van der Waals surface area contributed by atoms with Crippen LogP contribution in [0.4, 0.5) is 0 Å². The fourth-order valence-electron chi connectivity index (χ4n) is 2.08. The SMILES string of the molecule is CC(NP)C1Cc2ccccc2C1. The lowest BCUT2D eigenvalue weighted by molar-refractivity contribution is 0.445. The van der Waals surface area contributed by atoms with Crippen LogP contribution in [0.15, 0.2) is 24.3 Å². The molecule has 1 aliphatic carbocycles. The highest BCUT2D eigenvalue weighted by Gasteiger charge is 2.24. The quantitative estimate of drug-likeness (QED) is 0.710. The molecule has 0 saturated heterocycles. The smallest absolute Gasteiger partial charge is 0.0105 e. The van der Waals surface area contributed by atoms with E-state index in [0.717, 1.165) is 5.92 Å². The van der Waals surface area contributed by atoms with Gasteiger partial charge < -0.3 is 0 Å². The lowest BCUT2D eigenvalue weighted by Gasteiger charge is -2.17. The fourth-order valence-corrected chi connectivity index (χ4v) is 2.35. The Labute approximate surface area is 82.2 Å². The number of benzene rings is 1. The highest BCUT2D eigenvalue weighted by Crippen LogP contribution is 2.28. The van der Waals surface area contributed by atoms with Gasteiger partial charge in [-0.3, -0.25) is 5.09 Å². The molecule has 2 unspecified atom stereocenters. The van der Waals surface area contributed by atoms with E-state index in [4.69, 9.17) is 0 Å². The van der Waals surface area contributed by atoms with Crippen LogP contribution in [0, 0.1) is 5.92 Å². The van der Waals surface area contributed by atoms with Crippen molar-refractivity contribution in [2.75, 3.05) is 0 Å². The maximum absolute atomic E-state index is 3.26. The lowest BCUT2D eigenvalue weighted by Crippen LogP contribution is -2.26. The molecule has 1 N–H and O–H groups in total. The summed E-state index contributed by atoms with van der Waals surface area (Å²) in [6, 6.07) is 9.38. The summed E-state index contributed by atoms with van der Waals surface area (Å²) in [7, 11) is 2.61. The molecule has 13 heavy (non-hydrogen) atoms. The molecular weight excluding hydrogens is 177 g/mol. The summed E-state index contributed by atoms with van der Waals surface area (Å²) in [5.41, 5.74) is 3.08. The molecule has 2 atom stereocenters. The molecule has 70 valence electrons. The first kappa shape index (κ1) is 9.18. The highest BCUT2D eigenvalue weighted by atomic mass is 31.0. The van der Waals surface area contributed by atoms with Crippen molar-refractivity contribution in [2.24, 2.45) is 5.92 Å². The van der Waals surface area contributed by atoms with Gasteiger partial charge >= 0.3 is 0 Å². The number of fused-ring (bicyclic) bond motifs is 1. The second-order valence-corrected chi connectivity index (χ2v) is 4.23. The van der Waals surface area contributed by atoms with E-state index >= 15 is 0 Å². The molecule has 0 aliphatic heterocycles. The Morgan fingerprint density at radius 3 is 2.31 bits per heavy atom. The topological polar surface area (TPSA) is 12.0 Å². The Morgan fingerprint density at radius 1 is 1.31 bits per heavy atom. The fraction of sp³-hybridized carbons (Fsp3) is 0.455. The van der Waals surface area contributed by atoms with Crippen molar-refractivity contribution in [1.82, 2.24) is 5.09 Å². The van der Waals surface area contributed by atoms with E-state index < -0.39 is 0 Å². The van der Waals surface area contributed by atoms with E-state index in [1.54, 1.807) is 11.1 Å². The van der Waals surface area contributed by atoms with Crippen LogP contribution in [-0.2, 0) is 12.8 Å². The van der Waals surface area contributed by atoms with Crippen LogP contribution in [0.2, 0.25) is 0 Å². The molecule has 0 spiro atoms. The molecule has 1 aliphatic rings. The predicted octanol–water partition coefficient (Wildman–Crippen LogP) is 2.17. The normalized spacial score (nSPS) is 18.6. The maximum Gasteiger partial charge on any atom is 0.0105 e. The molecule has 1 aromatic carbocycles. The molecule has 0 fully saturated rings. The Balaban J connectivity index is 2.14. The van der Waals surface area contributed by atoms with Crippen molar-refractivity contribution >= 4 is 9.39 Å². The van der Waals surface area contributed by atoms with Gasteiger partial charge in [-0.1, -0.05) is 33.7 Å². The van der Waals surface area contributed by atoms with Crippen molar-refractivity contribution in [3.63, 3.8) is 0 Å². The van der Waals surface area contributed by atoms with Crippen molar-refractivity contribution in [3.8, 4) is 0 Å². The largest absolute Gasteiger partial charge is 0.298 e. The second kappa shape index (κ2) is 3.77. The van der Waals surface area contributed by atoms with Gasteiger partial charge in [-0.15, -0.1) is 0 Å². The Kier molecular flexibility index (Phi) is 2.66. The molecule has 1 nitrogen and oxygen atoms in total. The molecule has 1 aromatic rings. The van der Waals surface area contributed by atoms with Gasteiger partial charge in [-0.2, -0.15) is 0 Å². The number of nitrogens with one attached hydrogen (secondary N) is 1. The van der Waals surface area contributed by atoms with Gasteiger partial charge in [0.05, 0.1) is 0 Å². The standard InChI is InChI=1S/C11H16NP/c1-8(12-13)11-6-9-4-2-3-5-10(9)7-11/h2-5,8,11-12H,6-7,13H2,1H3. The van der Waals surface area contributed by atoms with E-state index in [2.05, 4.69) is 45.7 Å². The average Bonchev–Trinajstić information content (AvgIpc) is 2.59. The minimum atomic E-state index is 0.595. The average molecular weight is 193 g/mol. The minimum absolute atomic E-state index is 0.595. The Morgan fingerprint density at radius 2 is 1.85 bits per heavy atom. The zero-order valence-electron chi connectivity index (χ0n) is 7.96. The van der Waals surface area contributed by atoms with Gasteiger partial charge in [0, 0.05) is 6.04 Å². The zero-order chi connectivity index (χ0) is 9.26. The van der Waals surface area contributed by atoms with Gasteiger partial charge in [0.15, 0.2) is 0 Å². The molecule has 2 heteroatoms. The van der Waals surface area contributed by atoms with Crippen LogP contribution in [0.3, 0.4) is 0 Å². The number of hydrogen-bond acceptors (Lipinski definition) is 1. The van der Waals surface area contributed by atoms with Gasteiger partial charge in [-0.25, -0.2) is 0 Å². The van der Waals surface area contributed by atoms with Crippen LogP contribution < -0.4 is 5.09 Å². The highest BCUT2D eigenvalue weighted by molar-refractivity contribution is 7.13. The van der Waals surface area contributed by atoms with Crippen LogP contribution in [-0.4, -0.2) is 6.04 Å². The summed E-state index contributed by atoms with van der Waals surface area (Å²) in [5, 5.41) is 3.26. The van der Waals surface area contributed by atoms with Crippen molar-refractivity contribution in [1.29, 1.82) is 0 Å². The summed E-state index contributed by atoms with van der Waals surface area (Å²) >= 11 is 0. The first-order chi connectivity index (χ1) is 6.31. The molecule has 0 bridgehead atoms. The van der Waals surface area contributed by atoms with E-state index in [1.165, 1.54) is 12.8 Å². The van der Waals surface area contributed by atoms with E-state index in [-0.39, 0.29) is 0 Å². The molecule has 0 radical (unpaired) electrons. The summed E-state index contributed by atoms with van der Waals surface area (Å²) in [5.74, 6) is 0.773. The van der Waals surface area contributed by atoms with E-state index in [0.29, 0.717) is 6.04 Å². The predicted molar refractivity (Wildman–Crippen MR) is 59.6 cm³/mol. The molecule has 0 amide bonds. The summed E-state index contributed by atoms with van der Waals surface area (Å²) in [6.07, 6.45) is 2.47. The monoisotopic (exact) mass is 193 g/mol. The minimum Gasteiger partial charge on any atom is -0.298 e. The molecule has 2 rings (SSSR count). The molecular formula is C11H16NP. The third kappa shape index (κ3) is 1.77. The van der Waals surface area contributed by atoms with E-state index in [1.807, 2.05) is 0 Å². The number of rotatable bonds is 2. The first-order valence-electron chi connectivity index (χ1n) is 4.84.